The molecule has 8 nitrogen and oxygen atoms in total. The number of ether oxygens (including phenoxy) is 1. The third kappa shape index (κ3) is 5.44. The van der Waals surface area contributed by atoms with Gasteiger partial charge in [0.15, 0.2) is 0 Å². The highest BCUT2D eigenvalue weighted by Crippen LogP contribution is 2.25. The number of primary amides is 1. The van der Waals surface area contributed by atoms with Crippen LogP contribution in [0.4, 0.5) is 18.9 Å². The van der Waals surface area contributed by atoms with Gasteiger partial charge in [0.2, 0.25) is 5.91 Å². The fourth-order valence-electron chi connectivity index (χ4n) is 2.64. The maximum Gasteiger partial charge on any atom is 0.406 e. The van der Waals surface area contributed by atoms with Gasteiger partial charge in [-0.1, -0.05) is 18.2 Å². The SMILES string of the molecule is CCOC(=O)CN(CC(F)(F)F)C(=O)C1=NN(c2ccccc2)C(C(N)=O)C1. The molecule has 1 aromatic rings. The summed E-state index contributed by atoms with van der Waals surface area (Å²) in [5.74, 6) is -2.89. The predicted molar refractivity (Wildman–Crippen MR) is 93.2 cm³/mol. The average Bonchev–Trinajstić information content (AvgIpc) is 3.06. The van der Waals surface area contributed by atoms with Gasteiger partial charge in [0.25, 0.3) is 5.91 Å². The lowest BCUT2D eigenvalue weighted by Gasteiger charge is -2.22. The maximum absolute atomic E-state index is 12.9. The van der Waals surface area contributed by atoms with Gasteiger partial charge >= 0.3 is 12.1 Å². The van der Waals surface area contributed by atoms with Crippen LogP contribution in [0.3, 0.4) is 0 Å². The lowest BCUT2D eigenvalue weighted by Crippen LogP contribution is -2.45. The number of para-hydroxylation sites is 1. The first-order valence-corrected chi connectivity index (χ1v) is 8.35. The van der Waals surface area contributed by atoms with Crippen LogP contribution in [0.25, 0.3) is 0 Å². The molecule has 1 aliphatic rings. The van der Waals surface area contributed by atoms with Crippen LogP contribution in [0.5, 0.6) is 0 Å². The molecule has 1 aromatic carbocycles. The molecule has 1 unspecified atom stereocenters. The molecular weight excluding hydrogens is 381 g/mol. The van der Waals surface area contributed by atoms with E-state index in [0.29, 0.717) is 10.6 Å². The van der Waals surface area contributed by atoms with Crippen LogP contribution in [0, 0.1) is 0 Å². The van der Waals surface area contributed by atoms with Gasteiger partial charge in [-0.2, -0.15) is 18.3 Å². The monoisotopic (exact) mass is 400 g/mol. The molecule has 2 N–H and O–H groups in total. The number of carbonyl (C=O) groups excluding carboxylic acids is 3. The summed E-state index contributed by atoms with van der Waals surface area (Å²) in [5, 5.41) is 5.19. The number of benzene rings is 1. The van der Waals surface area contributed by atoms with Crippen molar-refractivity contribution in [3.05, 3.63) is 30.3 Å². The third-order valence-corrected chi connectivity index (χ3v) is 3.79. The second-order valence-corrected chi connectivity index (χ2v) is 5.93. The molecule has 0 aromatic heterocycles. The summed E-state index contributed by atoms with van der Waals surface area (Å²) in [5.41, 5.74) is 5.49. The number of hydrogen-bond donors (Lipinski definition) is 1. The van der Waals surface area contributed by atoms with Crippen molar-refractivity contribution in [1.82, 2.24) is 4.90 Å². The molecule has 0 aliphatic carbocycles. The van der Waals surface area contributed by atoms with Crippen LogP contribution in [0.2, 0.25) is 0 Å². The van der Waals surface area contributed by atoms with E-state index >= 15 is 0 Å². The predicted octanol–water partition coefficient (Wildman–Crippen LogP) is 1.06. The molecule has 0 spiro atoms. The van der Waals surface area contributed by atoms with Gasteiger partial charge in [-0.3, -0.25) is 19.4 Å². The lowest BCUT2D eigenvalue weighted by molar-refractivity contribution is -0.164. The molecule has 0 fully saturated rings. The van der Waals surface area contributed by atoms with Gasteiger partial charge in [-0.05, 0) is 19.1 Å². The Bertz CT molecular complexity index is 767. The largest absolute Gasteiger partial charge is 0.465 e. The summed E-state index contributed by atoms with van der Waals surface area (Å²) in [6.07, 6.45) is -5.01. The first kappa shape index (κ1) is 21.2. The third-order valence-electron chi connectivity index (χ3n) is 3.79. The lowest BCUT2D eigenvalue weighted by atomic mass is 10.1. The quantitative estimate of drug-likeness (QED) is 0.689. The van der Waals surface area contributed by atoms with Crippen LogP contribution >= 0.6 is 0 Å². The minimum absolute atomic E-state index is 0.0423. The molecule has 152 valence electrons. The molecule has 0 bridgehead atoms. The second kappa shape index (κ2) is 8.72. The number of alkyl halides is 3. The zero-order valence-electron chi connectivity index (χ0n) is 15.0. The number of amides is 2. The van der Waals surface area contributed by atoms with E-state index in [-0.39, 0.29) is 18.7 Å². The van der Waals surface area contributed by atoms with E-state index in [9.17, 15) is 27.6 Å². The van der Waals surface area contributed by atoms with Crippen molar-refractivity contribution >= 4 is 29.2 Å². The number of halogens is 3. The number of carbonyl (C=O) groups is 3. The summed E-state index contributed by atoms with van der Waals surface area (Å²) in [6, 6.07) is 7.24. The van der Waals surface area contributed by atoms with Crippen molar-refractivity contribution in [2.75, 3.05) is 24.7 Å². The van der Waals surface area contributed by atoms with Crippen molar-refractivity contribution in [3.8, 4) is 0 Å². The summed E-state index contributed by atoms with van der Waals surface area (Å²) in [4.78, 5) is 36.3. The van der Waals surface area contributed by atoms with Crippen LogP contribution < -0.4 is 10.7 Å². The molecular formula is C17H19F3N4O4. The number of hydrogen-bond acceptors (Lipinski definition) is 6. The molecule has 1 heterocycles. The molecule has 28 heavy (non-hydrogen) atoms. The van der Waals surface area contributed by atoms with E-state index in [4.69, 9.17) is 5.73 Å². The Labute approximate surface area is 158 Å². The summed E-state index contributed by atoms with van der Waals surface area (Å²) < 4.78 is 43.2. The first-order chi connectivity index (χ1) is 13.1. The van der Waals surface area contributed by atoms with E-state index in [1.807, 2.05) is 0 Å². The van der Waals surface area contributed by atoms with Gasteiger partial charge in [-0.15, -0.1) is 0 Å². The minimum atomic E-state index is -4.73. The minimum Gasteiger partial charge on any atom is -0.465 e. The molecule has 0 saturated heterocycles. The number of anilines is 1. The number of nitrogens with zero attached hydrogens (tertiary/aromatic N) is 3. The van der Waals surface area contributed by atoms with Crippen LogP contribution in [-0.2, 0) is 19.1 Å². The topological polar surface area (TPSA) is 105 Å². The van der Waals surface area contributed by atoms with Gasteiger partial charge < -0.3 is 15.4 Å². The average molecular weight is 400 g/mol. The Morgan fingerprint density at radius 1 is 1.29 bits per heavy atom. The van der Waals surface area contributed by atoms with Gasteiger partial charge in [-0.25, -0.2) is 0 Å². The molecule has 0 radical (unpaired) electrons. The van der Waals surface area contributed by atoms with Crippen LogP contribution in [0.15, 0.2) is 35.4 Å². The van der Waals surface area contributed by atoms with Crippen LogP contribution in [-0.4, -0.2) is 60.3 Å². The Kier molecular flexibility index (Phi) is 6.60. The van der Waals surface area contributed by atoms with E-state index in [1.165, 1.54) is 11.9 Å². The van der Waals surface area contributed by atoms with Crippen molar-refractivity contribution in [2.45, 2.75) is 25.6 Å². The van der Waals surface area contributed by atoms with E-state index in [1.54, 1.807) is 30.3 Å². The number of esters is 1. The van der Waals surface area contributed by atoms with E-state index < -0.39 is 43.1 Å². The summed E-state index contributed by atoms with van der Waals surface area (Å²) >= 11 is 0. The smallest absolute Gasteiger partial charge is 0.406 e. The van der Waals surface area contributed by atoms with E-state index in [0.717, 1.165) is 0 Å². The molecule has 1 atom stereocenters. The number of rotatable bonds is 7. The van der Waals surface area contributed by atoms with Crippen LogP contribution in [0.1, 0.15) is 13.3 Å². The Hall–Kier alpha value is -3.11. The van der Waals surface area contributed by atoms with Crippen molar-refractivity contribution in [2.24, 2.45) is 10.8 Å². The maximum atomic E-state index is 12.9. The Morgan fingerprint density at radius 3 is 2.46 bits per heavy atom. The van der Waals surface area contributed by atoms with Crippen molar-refractivity contribution in [3.63, 3.8) is 0 Å². The molecule has 11 heteroatoms. The highest BCUT2D eigenvalue weighted by molar-refractivity contribution is 6.40. The fraction of sp³-hybridized carbons (Fsp3) is 0.412. The number of nitrogens with two attached hydrogens (primary N) is 1. The number of hydrazone groups is 1. The van der Waals surface area contributed by atoms with Gasteiger partial charge in [0.1, 0.15) is 24.8 Å². The van der Waals surface area contributed by atoms with Crippen molar-refractivity contribution in [1.29, 1.82) is 0 Å². The Morgan fingerprint density at radius 2 is 1.93 bits per heavy atom. The molecule has 2 rings (SSSR count). The molecule has 1 aliphatic heterocycles. The van der Waals surface area contributed by atoms with Gasteiger partial charge in [0.05, 0.1) is 12.3 Å². The summed E-state index contributed by atoms with van der Waals surface area (Å²) in [6.45, 7) is -1.10. The first-order valence-electron chi connectivity index (χ1n) is 8.35. The Balaban J connectivity index is 2.29. The highest BCUT2D eigenvalue weighted by atomic mass is 19.4. The zero-order chi connectivity index (χ0) is 20.9. The van der Waals surface area contributed by atoms with E-state index in [2.05, 4.69) is 9.84 Å². The van der Waals surface area contributed by atoms with Gasteiger partial charge in [0, 0.05) is 6.42 Å². The van der Waals surface area contributed by atoms with Crippen molar-refractivity contribution < 1.29 is 32.3 Å². The summed E-state index contributed by atoms with van der Waals surface area (Å²) in [7, 11) is 0. The molecule has 2 amide bonds. The second-order valence-electron chi connectivity index (χ2n) is 5.93. The molecule has 0 saturated carbocycles. The fourth-order valence-corrected chi connectivity index (χ4v) is 2.64. The zero-order valence-corrected chi connectivity index (χ0v) is 15.0. The highest BCUT2D eigenvalue weighted by Gasteiger charge is 2.40. The standard InChI is InChI=1S/C17H19F3N4O4/c1-2-28-14(25)9-23(10-17(18,19)20)16(27)12-8-13(15(21)26)24(22-12)11-6-4-3-5-7-11/h3-7,13H,2,8-10H2,1H3,(H2,21,26). The normalized spacial score (nSPS) is 16.5.